The van der Waals surface area contributed by atoms with Gasteiger partial charge < -0.3 is 0 Å². The third kappa shape index (κ3) is 1.37. The van der Waals surface area contributed by atoms with Gasteiger partial charge in [-0.2, -0.15) is 0 Å². The SMILES string of the molecule is CC1=N[C@@H]2CCCC[C@@H]2C=C1. The summed E-state index contributed by atoms with van der Waals surface area (Å²) in [7, 11) is 0. The summed E-state index contributed by atoms with van der Waals surface area (Å²) in [5, 5.41) is 0. The number of rotatable bonds is 0. The zero-order valence-corrected chi connectivity index (χ0v) is 7.09. The number of aliphatic imine (C=N–C) groups is 1. The van der Waals surface area contributed by atoms with E-state index in [9.17, 15) is 0 Å². The Morgan fingerprint density at radius 3 is 3.09 bits per heavy atom. The molecule has 2 atom stereocenters. The Morgan fingerprint density at radius 2 is 2.18 bits per heavy atom. The van der Waals surface area contributed by atoms with E-state index in [-0.39, 0.29) is 0 Å². The lowest BCUT2D eigenvalue weighted by Crippen LogP contribution is -2.24. The maximum absolute atomic E-state index is 4.63. The maximum atomic E-state index is 4.63. The summed E-state index contributed by atoms with van der Waals surface area (Å²) in [6.07, 6.45) is 9.98. The van der Waals surface area contributed by atoms with E-state index in [4.69, 9.17) is 0 Å². The van der Waals surface area contributed by atoms with E-state index in [1.165, 1.54) is 31.4 Å². The summed E-state index contributed by atoms with van der Waals surface area (Å²) in [6, 6.07) is 0.633. The summed E-state index contributed by atoms with van der Waals surface area (Å²) in [4.78, 5) is 4.63. The Labute approximate surface area is 68.2 Å². The van der Waals surface area contributed by atoms with Crippen LogP contribution in [0.5, 0.6) is 0 Å². The van der Waals surface area contributed by atoms with E-state index in [0.29, 0.717) is 6.04 Å². The van der Waals surface area contributed by atoms with Gasteiger partial charge in [0, 0.05) is 5.71 Å². The molecule has 11 heavy (non-hydrogen) atoms. The molecule has 1 heteroatoms. The average Bonchev–Trinajstić information content (AvgIpc) is 2.04. The summed E-state index contributed by atoms with van der Waals surface area (Å²) < 4.78 is 0. The van der Waals surface area contributed by atoms with Crippen LogP contribution < -0.4 is 0 Å². The van der Waals surface area contributed by atoms with Gasteiger partial charge in [-0.25, -0.2) is 0 Å². The third-order valence-electron chi connectivity index (χ3n) is 2.74. The Hall–Kier alpha value is -0.590. The molecule has 2 rings (SSSR count). The molecule has 0 aromatic rings. The fourth-order valence-corrected chi connectivity index (χ4v) is 2.09. The van der Waals surface area contributed by atoms with Crippen molar-refractivity contribution in [1.82, 2.24) is 0 Å². The average molecular weight is 149 g/mol. The van der Waals surface area contributed by atoms with Crippen LogP contribution in [0.2, 0.25) is 0 Å². The summed E-state index contributed by atoms with van der Waals surface area (Å²) in [5.41, 5.74) is 1.22. The van der Waals surface area contributed by atoms with E-state index in [0.717, 1.165) is 5.92 Å². The van der Waals surface area contributed by atoms with Crippen molar-refractivity contribution in [1.29, 1.82) is 0 Å². The molecule has 0 bridgehead atoms. The first-order chi connectivity index (χ1) is 5.36. The lowest BCUT2D eigenvalue weighted by atomic mass is 9.83. The normalized spacial score (nSPS) is 36.3. The van der Waals surface area contributed by atoms with Crippen LogP contribution in [0.15, 0.2) is 17.1 Å². The summed E-state index contributed by atoms with van der Waals surface area (Å²) in [6.45, 7) is 2.10. The minimum absolute atomic E-state index is 0.633. The molecule has 0 aromatic carbocycles. The minimum atomic E-state index is 0.633. The molecule has 1 heterocycles. The van der Waals surface area contributed by atoms with E-state index >= 15 is 0 Å². The highest BCUT2D eigenvalue weighted by Gasteiger charge is 2.23. The van der Waals surface area contributed by atoms with Crippen LogP contribution in [0.3, 0.4) is 0 Å². The molecule has 1 nitrogen and oxygen atoms in total. The van der Waals surface area contributed by atoms with Gasteiger partial charge in [0.15, 0.2) is 0 Å². The topological polar surface area (TPSA) is 12.4 Å². The van der Waals surface area contributed by atoms with Crippen molar-refractivity contribution in [2.45, 2.75) is 38.6 Å². The molecule has 60 valence electrons. The Morgan fingerprint density at radius 1 is 1.36 bits per heavy atom. The molecule has 1 fully saturated rings. The summed E-state index contributed by atoms with van der Waals surface area (Å²) in [5.74, 6) is 0.771. The quantitative estimate of drug-likeness (QED) is 0.502. The monoisotopic (exact) mass is 149 g/mol. The zero-order chi connectivity index (χ0) is 7.68. The van der Waals surface area contributed by atoms with Crippen LogP contribution in [-0.2, 0) is 0 Å². The van der Waals surface area contributed by atoms with Gasteiger partial charge in [-0.05, 0) is 31.8 Å². The first-order valence-electron chi connectivity index (χ1n) is 4.59. The van der Waals surface area contributed by atoms with Crippen LogP contribution in [0.1, 0.15) is 32.6 Å². The second kappa shape index (κ2) is 2.80. The lowest BCUT2D eigenvalue weighted by molar-refractivity contribution is 0.361. The second-order valence-electron chi connectivity index (χ2n) is 3.65. The molecule has 0 saturated heterocycles. The molecule has 0 unspecified atom stereocenters. The van der Waals surface area contributed by atoms with E-state index in [2.05, 4.69) is 24.1 Å². The van der Waals surface area contributed by atoms with Gasteiger partial charge in [0.2, 0.25) is 0 Å². The highest BCUT2D eigenvalue weighted by Crippen LogP contribution is 2.29. The number of hydrogen-bond donors (Lipinski definition) is 0. The summed E-state index contributed by atoms with van der Waals surface area (Å²) >= 11 is 0. The molecule has 0 aromatic heterocycles. The molecule has 0 spiro atoms. The third-order valence-corrected chi connectivity index (χ3v) is 2.74. The predicted molar refractivity (Wildman–Crippen MR) is 48.0 cm³/mol. The Balaban J connectivity index is 2.13. The minimum Gasteiger partial charge on any atom is -0.286 e. The molecule has 0 N–H and O–H groups in total. The van der Waals surface area contributed by atoms with Crippen molar-refractivity contribution in [3.8, 4) is 0 Å². The molecule has 1 aliphatic carbocycles. The number of nitrogens with zero attached hydrogens (tertiary/aromatic N) is 1. The van der Waals surface area contributed by atoms with E-state index < -0.39 is 0 Å². The van der Waals surface area contributed by atoms with Gasteiger partial charge in [-0.1, -0.05) is 18.9 Å². The zero-order valence-electron chi connectivity index (χ0n) is 7.09. The fourth-order valence-electron chi connectivity index (χ4n) is 2.09. The fraction of sp³-hybridized carbons (Fsp3) is 0.700. The van der Waals surface area contributed by atoms with Crippen LogP contribution in [0.4, 0.5) is 0 Å². The first kappa shape index (κ1) is 7.08. The lowest BCUT2D eigenvalue weighted by Gasteiger charge is -2.28. The molecular formula is C10H15N. The number of fused-ring (bicyclic) bond motifs is 1. The molecule has 1 aliphatic heterocycles. The van der Waals surface area contributed by atoms with Gasteiger partial charge >= 0.3 is 0 Å². The van der Waals surface area contributed by atoms with Crippen LogP contribution in [0, 0.1) is 5.92 Å². The van der Waals surface area contributed by atoms with Crippen molar-refractivity contribution in [2.24, 2.45) is 10.9 Å². The largest absolute Gasteiger partial charge is 0.286 e. The molecule has 2 aliphatic rings. The first-order valence-corrected chi connectivity index (χ1v) is 4.59. The smallest absolute Gasteiger partial charge is 0.0565 e. The van der Waals surface area contributed by atoms with Crippen LogP contribution in [-0.4, -0.2) is 11.8 Å². The highest BCUT2D eigenvalue weighted by molar-refractivity contribution is 5.93. The number of allylic oxidation sites excluding steroid dienone is 1. The molecular weight excluding hydrogens is 134 g/mol. The molecule has 0 radical (unpaired) electrons. The predicted octanol–water partition coefficient (Wildman–Crippen LogP) is 2.58. The molecule has 1 saturated carbocycles. The van der Waals surface area contributed by atoms with E-state index in [1.807, 2.05) is 0 Å². The Bertz CT molecular complexity index is 203. The number of dihydropyridines is 1. The van der Waals surface area contributed by atoms with Crippen molar-refractivity contribution in [3.05, 3.63) is 12.2 Å². The van der Waals surface area contributed by atoms with Gasteiger partial charge in [0.1, 0.15) is 0 Å². The number of hydrogen-bond acceptors (Lipinski definition) is 1. The van der Waals surface area contributed by atoms with Gasteiger partial charge in [-0.3, -0.25) is 4.99 Å². The maximum Gasteiger partial charge on any atom is 0.0565 e. The Kier molecular flexibility index (Phi) is 1.80. The van der Waals surface area contributed by atoms with Crippen molar-refractivity contribution >= 4 is 5.71 Å². The molecule has 0 amide bonds. The van der Waals surface area contributed by atoms with Crippen molar-refractivity contribution in [3.63, 3.8) is 0 Å². The van der Waals surface area contributed by atoms with Crippen molar-refractivity contribution in [2.75, 3.05) is 0 Å². The van der Waals surface area contributed by atoms with Gasteiger partial charge in [0.05, 0.1) is 6.04 Å². The van der Waals surface area contributed by atoms with E-state index in [1.54, 1.807) is 0 Å². The van der Waals surface area contributed by atoms with Crippen LogP contribution >= 0.6 is 0 Å². The van der Waals surface area contributed by atoms with Gasteiger partial charge in [0.25, 0.3) is 0 Å². The standard InChI is InChI=1S/C10H15N/c1-8-6-7-9-4-2-3-5-10(9)11-8/h6-7,9-10H,2-5H2,1H3/t9-,10-/m1/s1. The van der Waals surface area contributed by atoms with Crippen molar-refractivity contribution < 1.29 is 0 Å². The second-order valence-corrected chi connectivity index (χ2v) is 3.65. The van der Waals surface area contributed by atoms with Gasteiger partial charge in [-0.15, -0.1) is 0 Å². The highest BCUT2D eigenvalue weighted by atomic mass is 14.8. The van der Waals surface area contributed by atoms with Crippen LogP contribution in [0.25, 0.3) is 0 Å².